The van der Waals surface area contributed by atoms with E-state index in [2.05, 4.69) is 4.74 Å². The molecule has 0 saturated heterocycles. The minimum absolute atomic E-state index is 0.0157. The van der Waals surface area contributed by atoms with Crippen LogP contribution in [-0.4, -0.2) is 18.6 Å². The first-order valence-corrected chi connectivity index (χ1v) is 3.78. The van der Waals surface area contributed by atoms with Gasteiger partial charge in [0.15, 0.2) is 6.29 Å². The van der Waals surface area contributed by atoms with Gasteiger partial charge in [-0.1, -0.05) is 18.2 Å². The Kier molecular flexibility index (Phi) is 3.11. The molecule has 0 spiro atoms. The number of halogens is 3. The summed E-state index contributed by atoms with van der Waals surface area (Å²) < 4.78 is 40.6. The maximum Gasteiger partial charge on any atom is 0.432 e. The number of hydrogen-bond acceptors (Lipinski definition) is 2. The number of carbonyl (C=O) groups excluding carboxylic acids is 1. The number of rotatable bonds is 3. The number of carbonyl (C=O) groups is 1. The van der Waals surface area contributed by atoms with Crippen molar-refractivity contribution in [3.05, 3.63) is 30.3 Å². The lowest BCUT2D eigenvalue weighted by molar-refractivity contribution is -0.190. The van der Waals surface area contributed by atoms with Crippen molar-refractivity contribution in [2.24, 2.45) is 0 Å². The summed E-state index contributed by atoms with van der Waals surface area (Å²) in [6.45, 7) is 0. The normalized spacial score (nSPS) is 13.4. The van der Waals surface area contributed by atoms with Gasteiger partial charge in [-0.25, -0.2) is 0 Å². The Balaban J connectivity index is 2.72. The second-order valence-electron chi connectivity index (χ2n) is 2.53. The maximum atomic E-state index is 12.0. The van der Waals surface area contributed by atoms with Crippen molar-refractivity contribution >= 4 is 6.29 Å². The van der Waals surface area contributed by atoms with Crippen LogP contribution in [0.4, 0.5) is 13.2 Å². The van der Waals surface area contributed by atoms with Crippen LogP contribution < -0.4 is 4.74 Å². The van der Waals surface area contributed by atoms with Crippen LogP contribution in [0.1, 0.15) is 0 Å². The molecule has 0 aliphatic heterocycles. The second-order valence-corrected chi connectivity index (χ2v) is 2.53. The van der Waals surface area contributed by atoms with Gasteiger partial charge in [0.05, 0.1) is 0 Å². The number of alkyl halides is 3. The number of aldehydes is 1. The smallest absolute Gasteiger partial charge is 0.432 e. The molecule has 14 heavy (non-hydrogen) atoms. The van der Waals surface area contributed by atoms with Crippen LogP contribution >= 0.6 is 0 Å². The fourth-order valence-electron chi connectivity index (χ4n) is 0.817. The van der Waals surface area contributed by atoms with Gasteiger partial charge in [0, 0.05) is 0 Å². The Hall–Kier alpha value is -1.52. The molecule has 0 aromatic heterocycles. The monoisotopic (exact) mass is 204 g/mol. The quantitative estimate of drug-likeness (QED) is 0.705. The molecule has 0 fully saturated rings. The maximum absolute atomic E-state index is 12.0. The Morgan fingerprint density at radius 3 is 2.21 bits per heavy atom. The molecule has 0 N–H and O–H groups in total. The zero-order chi connectivity index (χ0) is 10.6. The first-order valence-electron chi connectivity index (χ1n) is 3.78. The molecule has 76 valence electrons. The van der Waals surface area contributed by atoms with Gasteiger partial charge in [-0.15, -0.1) is 0 Å². The minimum atomic E-state index is -4.67. The van der Waals surface area contributed by atoms with Gasteiger partial charge in [0.1, 0.15) is 5.75 Å². The van der Waals surface area contributed by atoms with Gasteiger partial charge >= 0.3 is 6.18 Å². The molecule has 1 unspecified atom stereocenters. The summed E-state index contributed by atoms with van der Waals surface area (Å²) >= 11 is 0. The van der Waals surface area contributed by atoms with Gasteiger partial charge in [-0.2, -0.15) is 13.2 Å². The van der Waals surface area contributed by atoms with Crippen molar-refractivity contribution in [1.29, 1.82) is 0 Å². The van der Waals surface area contributed by atoms with Crippen molar-refractivity contribution in [2.45, 2.75) is 12.3 Å². The Labute approximate surface area is 78.3 Å². The molecular weight excluding hydrogens is 197 g/mol. The van der Waals surface area contributed by atoms with Gasteiger partial charge in [-0.05, 0) is 12.1 Å². The fourth-order valence-corrected chi connectivity index (χ4v) is 0.817. The standard InChI is InChI=1S/C9H7F3O2/c10-9(11,12)8(6-13)14-7-4-2-1-3-5-7/h1-6,8H. The first kappa shape index (κ1) is 10.6. The molecule has 0 heterocycles. The van der Waals surface area contributed by atoms with E-state index in [-0.39, 0.29) is 12.0 Å². The van der Waals surface area contributed by atoms with E-state index >= 15 is 0 Å². The lowest BCUT2D eigenvalue weighted by Gasteiger charge is -2.15. The van der Waals surface area contributed by atoms with Gasteiger partial charge in [0.2, 0.25) is 6.10 Å². The zero-order valence-corrected chi connectivity index (χ0v) is 6.99. The highest BCUT2D eigenvalue weighted by molar-refractivity contribution is 5.58. The highest BCUT2D eigenvalue weighted by atomic mass is 19.4. The summed E-state index contributed by atoms with van der Waals surface area (Å²) in [5.74, 6) is 0.0157. The average molecular weight is 204 g/mol. The van der Waals surface area contributed by atoms with Crippen LogP contribution in [0.3, 0.4) is 0 Å². The van der Waals surface area contributed by atoms with Crippen LogP contribution in [-0.2, 0) is 4.79 Å². The molecule has 0 radical (unpaired) electrons. The fraction of sp³-hybridized carbons (Fsp3) is 0.222. The largest absolute Gasteiger partial charge is 0.473 e. The SMILES string of the molecule is O=CC(Oc1ccccc1)C(F)(F)F. The van der Waals surface area contributed by atoms with Crippen molar-refractivity contribution in [3.8, 4) is 5.75 Å². The highest BCUT2D eigenvalue weighted by Crippen LogP contribution is 2.23. The summed E-state index contributed by atoms with van der Waals surface area (Å²) in [7, 11) is 0. The van der Waals surface area contributed by atoms with Gasteiger partial charge in [0.25, 0.3) is 0 Å². The predicted octanol–water partition coefficient (Wildman–Crippen LogP) is 2.20. The molecule has 2 nitrogen and oxygen atoms in total. The van der Waals surface area contributed by atoms with Gasteiger partial charge < -0.3 is 4.74 Å². The summed E-state index contributed by atoms with van der Waals surface area (Å²) in [5.41, 5.74) is 0. The van der Waals surface area contributed by atoms with E-state index < -0.39 is 12.3 Å². The average Bonchev–Trinajstić information content (AvgIpc) is 2.14. The van der Waals surface area contributed by atoms with Crippen LogP contribution in [0.2, 0.25) is 0 Å². The van der Waals surface area contributed by atoms with E-state index in [1.54, 1.807) is 6.07 Å². The lowest BCUT2D eigenvalue weighted by atomic mass is 10.3. The van der Waals surface area contributed by atoms with Crippen molar-refractivity contribution in [1.82, 2.24) is 0 Å². The van der Waals surface area contributed by atoms with E-state index in [1.165, 1.54) is 24.3 Å². The Morgan fingerprint density at radius 1 is 1.21 bits per heavy atom. The molecule has 0 aliphatic rings. The van der Waals surface area contributed by atoms with E-state index in [0.717, 1.165) is 0 Å². The first-order chi connectivity index (χ1) is 6.54. The third-order valence-electron chi connectivity index (χ3n) is 1.45. The molecule has 0 aliphatic carbocycles. The van der Waals surface area contributed by atoms with E-state index in [1.807, 2.05) is 0 Å². The van der Waals surface area contributed by atoms with Crippen molar-refractivity contribution in [2.75, 3.05) is 0 Å². The molecule has 0 amide bonds. The highest BCUT2D eigenvalue weighted by Gasteiger charge is 2.41. The number of benzene rings is 1. The zero-order valence-electron chi connectivity index (χ0n) is 6.99. The molecule has 1 aromatic rings. The van der Waals surface area contributed by atoms with Gasteiger partial charge in [-0.3, -0.25) is 4.79 Å². The van der Waals surface area contributed by atoms with Crippen LogP contribution in [0.15, 0.2) is 30.3 Å². The summed E-state index contributed by atoms with van der Waals surface area (Å²) in [6, 6.07) is 7.38. The van der Waals surface area contributed by atoms with Crippen LogP contribution in [0, 0.1) is 0 Å². The summed E-state index contributed by atoms with van der Waals surface area (Å²) in [6.07, 6.45) is -7.34. The van der Waals surface area contributed by atoms with Crippen LogP contribution in [0.25, 0.3) is 0 Å². The Morgan fingerprint density at radius 2 is 1.79 bits per heavy atom. The topological polar surface area (TPSA) is 26.3 Å². The van der Waals surface area contributed by atoms with E-state index in [0.29, 0.717) is 0 Å². The molecule has 0 bridgehead atoms. The Bertz CT molecular complexity index is 295. The molecular formula is C9H7F3O2. The molecule has 1 atom stereocenters. The number of hydrogen-bond donors (Lipinski definition) is 0. The van der Waals surface area contributed by atoms with E-state index in [4.69, 9.17) is 0 Å². The second kappa shape index (κ2) is 4.13. The number of para-hydroxylation sites is 1. The minimum Gasteiger partial charge on any atom is -0.473 e. The molecule has 0 saturated carbocycles. The van der Waals surface area contributed by atoms with Crippen molar-refractivity contribution in [3.63, 3.8) is 0 Å². The molecule has 1 rings (SSSR count). The molecule has 1 aromatic carbocycles. The predicted molar refractivity (Wildman–Crippen MR) is 43.0 cm³/mol. The third-order valence-corrected chi connectivity index (χ3v) is 1.45. The lowest BCUT2D eigenvalue weighted by Crippen LogP contribution is -2.35. The van der Waals surface area contributed by atoms with E-state index in [9.17, 15) is 18.0 Å². The summed E-state index contributed by atoms with van der Waals surface area (Å²) in [5, 5.41) is 0. The summed E-state index contributed by atoms with van der Waals surface area (Å²) in [4.78, 5) is 10.1. The van der Waals surface area contributed by atoms with Crippen molar-refractivity contribution < 1.29 is 22.7 Å². The number of ether oxygens (including phenoxy) is 1. The third kappa shape index (κ3) is 2.76. The van der Waals surface area contributed by atoms with Crippen LogP contribution in [0.5, 0.6) is 5.75 Å². The molecule has 5 heteroatoms.